The molecule has 108 valence electrons. The van der Waals surface area contributed by atoms with Gasteiger partial charge in [-0.15, -0.1) is 15.3 Å². The maximum absolute atomic E-state index is 4.63. The molecule has 0 radical (unpaired) electrons. The predicted octanol–water partition coefficient (Wildman–Crippen LogP) is 3.16. The Morgan fingerprint density at radius 2 is 2.29 bits per heavy atom. The maximum atomic E-state index is 4.63. The number of thiophene rings is 1. The lowest BCUT2D eigenvalue weighted by atomic mass is 10.2. The second kappa shape index (κ2) is 5.65. The van der Waals surface area contributed by atoms with Gasteiger partial charge in [0.15, 0.2) is 11.5 Å². The number of hydrogen-bond donors (Lipinski definition) is 1. The molecule has 3 aromatic rings. The molecule has 1 N–H and O–H groups in total. The van der Waals surface area contributed by atoms with Gasteiger partial charge in [-0.3, -0.25) is 0 Å². The smallest absolute Gasteiger partial charge is 0.186 e. The molecule has 0 spiro atoms. The molecule has 0 saturated carbocycles. The van der Waals surface area contributed by atoms with E-state index in [1.165, 1.54) is 18.6 Å². The molecule has 1 unspecified atom stereocenters. The van der Waals surface area contributed by atoms with E-state index in [1.807, 2.05) is 39.9 Å². The van der Waals surface area contributed by atoms with Gasteiger partial charge in [-0.05, 0) is 42.2 Å². The van der Waals surface area contributed by atoms with Crippen molar-refractivity contribution in [3.63, 3.8) is 0 Å². The van der Waals surface area contributed by atoms with Gasteiger partial charge >= 0.3 is 0 Å². The summed E-state index contributed by atoms with van der Waals surface area (Å²) < 4.78 is 1.81. The van der Waals surface area contributed by atoms with E-state index in [1.54, 1.807) is 11.3 Å². The van der Waals surface area contributed by atoms with Crippen molar-refractivity contribution in [1.82, 2.24) is 19.8 Å². The summed E-state index contributed by atoms with van der Waals surface area (Å²) in [5.41, 5.74) is 1.83. The van der Waals surface area contributed by atoms with E-state index >= 15 is 0 Å². The van der Waals surface area contributed by atoms with Crippen molar-refractivity contribution in [2.45, 2.75) is 18.1 Å². The van der Waals surface area contributed by atoms with E-state index in [9.17, 15) is 0 Å². The van der Waals surface area contributed by atoms with Crippen LogP contribution in [-0.2, 0) is 0 Å². The minimum Gasteiger partial charge on any atom is -0.368 e. The van der Waals surface area contributed by atoms with E-state index < -0.39 is 0 Å². The second-order valence-electron chi connectivity index (χ2n) is 5.04. The average molecular weight is 317 g/mol. The summed E-state index contributed by atoms with van der Waals surface area (Å²) in [6.07, 6.45) is 2.63. The third-order valence-electron chi connectivity index (χ3n) is 3.58. The lowest BCUT2D eigenvalue weighted by molar-refractivity contribution is 0.799. The number of rotatable bonds is 4. The summed E-state index contributed by atoms with van der Waals surface area (Å²) in [5, 5.41) is 21.3. The Labute approximate surface area is 130 Å². The van der Waals surface area contributed by atoms with Crippen molar-refractivity contribution in [3.05, 3.63) is 29.0 Å². The van der Waals surface area contributed by atoms with E-state index in [2.05, 4.69) is 26.0 Å². The van der Waals surface area contributed by atoms with Gasteiger partial charge in [0.1, 0.15) is 5.82 Å². The first-order valence-electron chi connectivity index (χ1n) is 7.01. The molecule has 5 nitrogen and oxygen atoms in total. The van der Waals surface area contributed by atoms with Crippen molar-refractivity contribution in [3.8, 4) is 11.4 Å². The third kappa shape index (κ3) is 2.63. The molecule has 1 aliphatic rings. The van der Waals surface area contributed by atoms with Crippen molar-refractivity contribution in [2.24, 2.45) is 0 Å². The average Bonchev–Trinajstić information content (AvgIpc) is 3.24. The maximum Gasteiger partial charge on any atom is 0.186 e. The SMILES string of the molecule is c1cc(-c2nnc3ccc(NCC4CCCS4)nn23)cs1. The molecule has 4 heterocycles. The highest BCUT2D eigenvalue weighted by atomic mass is 32.2. The van der Waals surface area contributed by atoms with Crippen LogP contribution in [0.4, 0.5) is 5.82 Å². The van der Waals surface area contributed by atoms with Crippen LogP contribution in [0.15, 0.2) is 29.0 Å². The summed E-state index contributed by atoms with van der Waals surface area (Å²) in [6.45, 7) is 0.971. The van der Waals surface area contributed by atoms with Gasteiger partial charge in [0.05, 0.1) is 0 Å². The van der Waals surface area contributed by atoms with Crippen LogP contribution in [-0.4, -0.2) is 37.4 Å². The third-order valence-corrected chi connectivity index (χ3v) is 5.66. The first-order valence-corrected chi connectivity index (χ1v) is 9.00. The Morgan fingerprint density at radius 1 is 1.29 bits per heavy atom. The van der Waals surface area contributed by atoms with Crippen LogP contribution in [0.1, 0.15) is 12.8 Å². The first kappa shape index (κ1) is 13.1. The number of hydrogen-bond acceptors (Lipinski definition) is 6. The molecule has 3 aromatic heterocycles. The quantitative estimate of drug-likeness (QED) is 0.801. The topological polar surface area (TPSA) is 55.1 Å². The van der Waals surface area contributed by atoms with Crippen LogP contribution in [0.2, 0.25) is 0 Å². The highest BCUT2D eigenvalue weighted by Crippen LogP contribution is 2.26. The zero-order valence-electron chi connectivity index (χ0n) is 11.4. The molecule has 0 bridgehead atoms. The highest BCUT2D eigenvalue weighted by molar-refractivity contribution is 8.00. The van der Waals surface area contributed by atoms with Crippen LogP contribution in [0, 0.1) is 0 Å². The lowest BCUT2D eigenvalue weighted by Crippen LogP contribution is -2.15. The van der Waals surface area contributed by atoms with Gasteiger partial charge in [0.2, 0.25) is 0 Å². The van der Waals surface area contributed by atoms with Gasteiger partial charge in [-0.1, -0.05) is 0 Å². The fourth-order valence-corrected chi connectivity index (χ4v) is 4.31. The highest BCUT2D eigenvalue weighted by Gasteiger charge is 2.15. The molecule has 21 heavy (non-hydrogen) atoms. The molecule has 4 rings (SSSR count). The summed E-state index contributed by atoms with van der Waals surface area (Å²) in [4.78, 5) is 0. The van der Waals surface area contributed by atoms with Crippen molar-refractivity contribution >= 4 is 34.6 Å². The molecule has 1 fully saturated rings. The van der Waals surface area contributed by atoms with E-state index in [4.69, 9.17) is 0 Å². The second-order valence-corrected chi connectivity index (χ2v) is 7.23. The van der Waals surface area contributed by atoms with E-state index in [-0.39, 0.29) is 0 Å². The Balaban J connectivity index is 1.60. The molecule has 1 aliphatic heterocycles. The number of fused-ring (bicyclic) bond motifs is 1. The number of nitrogens with one attached hydrogen (secondary N) is 1. The molecular weight excluding hydrogens is 302 g/mol. The number of aromatic nitrogens is 4. The van der Waals surface area contributed by atoms with Gasteiger partial charge in [0.25, 0.3) is 0 Å². The van der Waals surface area contributed by atoms with Crippen LogP contribution in [0.25, 0.3) is 17.0 Å². The predicted molar refractivity (Wildman–Crippen MR) is 88.1 cm³/mol. The lowest BCUT2D eigenvalue weighted by Gasteiger charge is -2.10. The normalized spacial score (nSPS) is 18.4. The Hall–Kier alpha value is -1.60. The van der Waals surface area contributed by atoms with Crippen LogP contribution in [0.5, 0.6) is 0 Å². The molecular formula is C14H15N5S2. The summed E-state index contributed by atoms with van der Waals surface area (Å²) in [5.74, 6) is 2.96. The Morgan fingerprint density at radius 3 is 3.10 bits per heavy atom. The first-order chi connectivity index (χ1) is 10.4. The number of anilines is 1. The largest absolute Gasteiger partial charge is 0.368 e. The van der Waals surface area contributed by atoms with Crippen LogP contribution >= 0.6 is 23.1 Å². The van der Waals surface area contributed by atoms with Gasteiger partial charge in [-0.25, -0.2) is 0 Å². The Bertz CT molecular complexity index is 731. The van der Waals surface area contributed by atoms with Crippen molar-refractivity contribution in [1.29, 1.82) is 0 Å². The monoisotopic (exact) mass is 317 g/mol. The van der Waals surface area contributed by atoms with Crippen LogP contribution in [0.3, 0.4) is 0 Å². The fraction of sp³-hybridized carbons (Fsp3) is 0.357. The molecule has 0 aromatic carbocycles. The van der Waals surface area contributed by atoms with Gasteiger partial charge < -0.3 is 5.32 Å². The van der Waals surface area contributed by atoms with E-state index in [0.29, 0.717) is 5.25 Å². The minimum atomic E-state index is 0.708. The van der Waals surface area contributed by atoms with Gasteiger partial charge in [0, 0.05) is 22.7 Å². The number of thioether (sulfide) groups is 1. The molecule has 1 atom stereocenters. The summed E-state index contributed by atoms with van der Waals surface area (Å²) in [6, 6.07) is 5.97. The number of nitrogens with zero attached hydrogens (tertiary/aromatic N) is 4. The fourth-order valence-electron chi connectivity index (χ4n) is 2.48. The Kier molecular flexibility index (Phi) is 3.52. The molecule has 0 aliphatic carbocycles. The zero-order valence-corrected chi connectivity index (χ0v) is 13.0. The van der Waals surface area contributed by atoms with Gasteiger partial charge in [-0.2, -0.15) is 27.6 Å². The van der Waals surface area contributed by atoms with Crippen molar-refractivity contribution < 1.29 is 0 Å². The summed E-state index contributed by atoms with van der Waals surface area (Å²) in [7, 11) is 0. The minimum absolute atomic E-state index is 0.708. The molecule has 7 heteroatoms. The molecule has 1 saturated heterocycles. The van der Waals surface area contributed by atoms with E-state index in [0.717, 1.165) is 29.4 Å². The molecule has 0 amide bonds. The van der Waals surface area contributed by atoms with Crippen LogP contribution < -0.4 is 5.32 Å². The summed E-state index contributed by atoms with van der Waals surface area (Å²) >= 11 is 3.70. The zero-order chi connectivity index (χ0) is 14.1. The van der Waals surface area contributed by atoms with Crippen molar-refractivity contribution in [2.75, 3.05) is 17.6 Å². The standard InChI is InChI=1S/C14H15N5S2/c1-2-11(21-6-1)8-15-12-3-4-13-16-17-14(19(13)18-12)10-5-7-20-9-10/h3-5,7,9,11H,1-2,6,8H2,(H,15,18).